The number of anilines is 2. The minimum absolute atomic E-state index is 0.172. The summed E-state index contributed by atoms with van der Waals surface area (Å²) in [5.74, 6) is 1.13. The number of benzene rings is 2. The van der Waals surface area contributed by atoms with E-state index in [1.165, 1.54) is 0 Å². The molecule has 2 aromatic rings. The maximum absolute atomic E-state index is 12.4. The highest BCUT2D eigenvalue weighted by Crippen LogP contribution is 2.20. The Hall–Kier alpha value is -3.15. The van der Waals surface area contributed by atoms with Crippen molar-refractivity contribution in [2.75, 3.05) is 18.4 Å². The molecule has 0 bridgehead atoms. The van der Waals surface area contributed by atoms with Crippen LogP contribution in [0, 0.1) is 5.92 Å². The Kier molecular flexibility index (Phi) is 7.60. The van der Waals surface area contributed by atoms with Crippen molar-refractivity contribution in [3.8, 4) is 0 Å². The van der Waals surface area contributed by atoms with Crippen molar-refractivity contribution in [2.45, 2.75) is 39.5 Å². The zero-order valence-corrected chi connectivity index (χ0v) is 17.7. The minimum Gasteiger partial charge on any atom is -0.356 e. The van der Waals surface area contributed by atoms with Crippen LogP contribution in [0.3, 0.4) is 0 Å². The zero-order chi connectivity index (χ0) is 21.3. The summed E-state index contributed by atoms with van der Waals surface area (Å²) in [4.78, 5) is 29.0. The fourth-order valence-corrected chi connectivity index (χ4v) is 3.25. The number of guanidine groups is 1. The molecule has 158 valence electrons. The summed E-state index contributed by atoms with van der Waals surface area (Å²) in [6.45, 7) is 5.89. The van der Waals surface area contributed by atoms with Gasteiger partial charge in [-0.15, -0.1) is 0 Å². The molecule has 0 saturated carbocycles. The van der Waals surface area contributed by atoms with E-state index < -0.39 is 0 Å². The van der Waals surface area contributed by atoms with Crippen molar-refractivity contribution >= 4 is 29.0 Å². The molecule has 0 aliphatic carbocycles. The lowest BCUT2D eigenvalue weighted by Gasteiger charge is -2.15. The van der Waals surface area contributed by atoms with Crippen molar-refractivity contribution in [3.63, 3.8) is 0 Å². The van der Waals surface area contributed by atoms with Gasteiger partial charge >= 0.3 is 0 Å². The Labute approximate surface area is 178 Å². The van der Waals surface area contributed by atoms with E-state index in [2.05, 4.69) is 34.8 Å². The average molecular weight is 407 g/mol. The molecule has 1 heterocycles. The third kappa shape index (κ3) is 6.44. The lowest BCUT2D eigenvalue weighted by Crippen LogP contribution is -2.43. The average Bonchev–Trinajstić information content (AvgIpc) is 2.75. The highest BCUT2D eigenvalue weighted by Gasteiger charge is 2.11. The quantitative estimate of drug-likeness (QED) is 0.563. The van der Waals surface area contributed by atoms with Gasteiger partial charge in [-0.2, -0.15) is 0 Å². The fraction of sp³-hybridized carbons (Fsp3) is 0.375. The molecule has 1 aliphatic heterocycles. The number of aliphatic imine (C=N–C) groups is 1. The van der Waals surface area contributed by atoms with Crippen LogP contribution in [0.4, 0.5) is 11.4 Å². The van der Waals surface area contributed by atoms with Crippen LogP contribution in [0.2, 0.25) is 0 Å². The molecular formula is C24H30N4O2. The van der Waals surface area contributed by atoms with Gasteiger partial charge in [0.25, 0.3) is 5.91 Å². The maximum atomic E-state index is 12.4. The van der Waals surface area contributed by atoms with E-state index in [0.29, 0.717) is 23.9 Å². The predicted octanol–water partition coefficient (Wildman–Crippen LogP) is 4.52. The molecule has 2 aromatic carbocycles. The summed E-state index contributed by atoms with van der Waals surface area (Å²) in [7, 11) is 0. The Morgan fingerprint density at radius 1 is 1.07 bits per heavy atom. The molecule has 3 N–H and O–H groups in total. The second-order valence-corrected chi connectivity index (χ2v) is 7.96. The van der Waals surface area contributed by atoms with Crippen molar-refractivity contribution < 1.29 is 9.59 Å². The molecule has 3 rings (SSSR count). The van der Waals surface area contributed by atoms with Crippen LogP contribution < -0.4 is 16.0 Å². The standard InChI is InChI=1S/C24H30N4O2/c1-17(2)6-3-9-22(29)19-7-4-8-21(16-19)27-20-12-10-18(11-13-20)23(30)28-24-25-14-5-15-26-24/h4,7-8,10-13,16-17,27H,3,5-6,9,14-15H2,1-2H3,(H2,25,26,28,30). The van der Waals surface area contributed by atoms with Crippen LogP contribution in [0.5, 0.6) is 0 Å². The summed E-state index contributed by atoms with van der Waals surface area (Å²) in [6.07, 6.45) is 3.53. The van der Waals surface area contributed by atoms with Crippen LogP contribution >= 0.6 is 0 Å². The van der Waals surface area contributed by atoms with E-state index in [0.717, 1.165) is 49.3 Å². The van der Waals surface area contributed by atoms with Crippen LogP contribution in [0.25, 0.3) is 0 Å². The van der Waals surface area contributed by atoms with Crippen LogP contribution in [-0.2, 0) is 0 Å². The highest BCUT2D eigenvalue weighted by molar-refractivity contribution is 6.06. The number of hydrogen-bond acceptors (Lipinski definition) is 5. The highest BCUT2D eigenvalue weighted by atomic mass is 16.2. The molecule has 0 saturated heterocycles. The van der Waals surface area contributed by atoms with Crippen molar-refractivity contribution in [1.82, 2.24) is 10.6 Å². The van der Waals surface area contributed by atoms with E-state index in [9.17, 15) is 9.59 Å². The molecule has 6 heteroatoms. The first-order valence-electron chi connectivity index (χ1n) is 10.6. The number of Topliss-reactive ketones (excluding diaryl/α,β-unsaturated/α-hetero) is 1. The first kappa shape index (κ1) is 21.6. The fourth-order valence-electron chi connectivity index (χ4n) is 3.25. The number of nitrogens with one attached hydrogen (secondary N) is 3. The van der Waals surface area contributed by atoms with E-state index >= 15 is 0 Å². The summed E-state index contributed by atoms with van der Waals surface area (Å²) in [5.41, 5.74) is 2.98. The van der Waals surface area contributed by atoms with Gasteiger partial charge in [0.2, 0.25) is 0 Å². The van der Waals surface area contributed by atoms with E-state index in [-0.39, 0.29) is 11.7 Å². The molecule has 0 fully saturated rings. The van der Waals surface area contributed by atoms with E-state index in [4.69, 9.17) is 0 Å². The van der Waals surface area contributed by atoms with Crippen LogP contribution in [0.15, 0.2) is 53.5 Å². The molecule has 0 aromatic heterocycles. The van der Waals surface area contributed by atoms with Gasteiger partial charge in [0, 0.05) is 42.0 Å². The van der Waals surface area contributed by atoms with Crippen molar-refractivity contribution in [2.24, 2.45) is 10.9 Å². The number of ketones is 1. The Morgan fingerprint density at radius 3 is 2.57 bits per heavy atom. The van der Waals surface area contributed by atoms with Gasteiger partial charge in [0.15, 0.2) is 11.7 Å². The number of nitrogens with zero attached hydrogens (tertiary/aromatic N) is 1. The SMILES string of the molecule is CC(C)CCCC(=O)c1cccc(Nc2ccc(C(=O)NC3=NCCCN3)cc2)c1. The first-order valence-corrected chi connectivity index (χ1v) is 10.6. The largest absolute Gasteiger partial charge is 0.356 e. The lowest BCUT2D eigenvalue weighted by atomic mass is 10.0. The van der Waals surface area contributed by atoms with Crippen molar-refractivity contribution in [3.05, 3.63) is 59.7 Å². The van der Waals surface area contributed by atoms with Gasteiger partial charge in [-0.25, -0.2) is 0 Å². The van der Waals surface area contributed by atoms with Gasteiger partial charge in [-0.1, -0.05) is 32.4 Å². The number of carbonyl (C=O) groups excluding carboxylic acids is 2. The Morgan fingerprint density at radius 2 is 1.87 bits per heavy atom. The normalized spacial score (nSPS) is 13.4. The third-order valence-corrected chi connectivity index (χ3v) is 4.93. The lowest BCUT2D eigenvalue weighted by molar-refractivity contribution is 0.0968. The van der Waals surface area contributed by atoms with E-state index in [1.807, 2.05) is 36.4 Å². The Bertz CT molecular complexity index is 904. The molecule has 0 radical (unpaired) electrons. The molecule has 0 atom stereocenters. The molecule has 0 spiro atoms. The molecule has 1 amide bonds. The molecule has 6 nitrogen and oxygen atoms in total. The first-order chi connectivity index (χ1) is 14.5. The zero-order valence-electron chi connectivity index (χ0n) is 17.7. The topological polar surface area (TPSA) is 82.6 Å². The monoisotopic (exact) mass is 406 g/mol. The van der Waals surface area contributed by atoms with Crippen LogP contribution in [0.1, 0.15) is 60.2 Å². The van der Waals surface area contributed by atoms with E-state index in [1.54, 1.807) is 12.1 Å². The predicted molar refractivity (Wildman–Crippen MR) is 122 cm³/mol. The van der Waals surface area contributed by atoms with Gasteiger partial charge in [-0.05, 0) is 55.2 Å². The molecular weight excluding hydrogens is 376 g/mol. The molecule has 0 unspecified atom stereocenters. The van der Waals surface area contributed by atoms with Gasteiger partial charge in [0.1, 0.15) is 0 Å². The maximum Gasteiger partial charge on any atom is 0.257 e. The minimum atomic E-state index is -0.191. The summed E-state index contributed by atoms with van der Waals surface area (Å²) in [5, 5.41) is 9.17. The summed E-state index contributed by atoms with van der Waals surface area (Å²) >= 11 is 0. The number of rotatable bonds is 8. The number of carbonyl (C=O) groups is 2. The molecule has 1 aliphatic rings. The van der Waals surface area contributed by atoms with Crippen molar-refractivity contribution in [1.29, 1.82) is 0 Å². The third-order valence-electron chi connectivity index (χ3n) is 4.93. The van der Waals surface area contributed by atoms with Gasteiger partial charge in [0.05, 0.1) is 0 Å². The smallest absolute Gasteiger partial charge is 0.257 e. The summed E-state index contributed by atoms with van der Waals surface area (Å²) < 4.78 is 0. The van der Waals surface area contributed by atoms with Gasteiger partial charge < -0.3 is 10.6 Å². The summed E-state index contributed by atoms with van der Waals surface area (Å²) in [6, 6.07) is 14.8. The molecule has 30 heavy (non-hydrogen) atoms. The second kappa shape index (κ2) is 10.6. The number of hydrogen-bond donors (Lipinski definition) is 3. The Balaban J connectivity index is 1.58. The number of amides is 1. The van der Waals surface area contributed by atoms with Gasteiger partial charge in [-0.3, -0.25) is 19.9 Å². The van der Waals surface area contributed by atoms with Crippen LogP contribution in [-0.4, -0.2) is 30.7 Å². The second-order valence-electron chi connectivity index (χ2n) is 7.96.